The lowest BCUT2D eigenvalue weighted by molar-refractivity contribution is -0.141. The van der Waals surface area contributed by atoms with E-state index in [4.69, 9.17) is 5.73 Å². The van der Waals surface area contributed by atoms with Crippen LogP contribution in [0.15, 0.2) is 18.2 Å². The van der Waals surface area contributed by atoms with E-state index in [9.17, 15) is 9.18 Å². The molecule has 0 saturated heterocycles. The second-order valence-electron chi connectivity index (χ2n) is 3.72. The maximum Gasteiger partial charge on any atom is 0.323 e. The van der Waals surface area contributed by atoms with Crippen molar-refractivity contribution >= 4 is 17.7 Å². The average molecular weight is 257 g/mol. The Morgan fingerprint density at radius 2 is 2.29 bits per heavy atom. The van der Waals surface area contributed by atoms with Crippen molar-refractivity contribution in [3.05, 3.63) is 35.1 Å². The predicted octanol–water partition coefficient (Wildman–Crippen LogP) is 1.87. The molecule has 0 amide bonds. The maximum absolute atomic E-state index is 13.0. The van der Waals surface area contributed by atoms with Gasteiger partial charge < -0.3 is 10.5 Å². The van der Waals surface area contributed by atoms with Crippen LogP contribution in [0, 0.1) is 12.7 Å². The number of methoxy groups -OCH3 is 1. The molecular weight excluding hydrogens is 241 g/mol. The van der Waals surface area contributed by atoms with Crippen LogP contribution < -0.4 is 5.73 Å². The van der Waals surface area contributed by atoms with E-state index in [1.54, 1.807) is 6.07 Å². The molecule has 3 nitrogen and oxygen atoms in total. The summed E-state index contributed by atoms with van der Waals surface area (Å²) in [6.45, 7) is 1.93. The second kappa shape index (κ2) is 6.61. The van der Waals surface area contributed by atoms with Gasteiger partial charge in [0.1, 0.15) is 11.9 Å². The third kappa shape index (κ3) is 4.36. The highest BCUT2D eigenvalue weighted by molar-refractivity contribution is 7.98. The summed E-state index contributed by atoms with van der Waals surface area (Å²) in [5.41, 5.74) is 7.55. The van der Waals surface area contributed by atoms with Crippen molar-refractivity contribution in [3.63, 3.8) is 0 Å². The Balaban J connectivity index is 2.45. The van der Waals surface area contributed by atoms with Crippen molar-refractivity contribution in [3.8, 4) is 0 Å². The molecule has 0 aromatic heterocycles. The number of ether oxygens (including phenoxy) is 1. The van der Waals surface area contributed by atoms with E-state index in [0.29, 0.717) is 11.5 Å². The van der Waals surface area contributed by atoms with Gasteiger partial charge in [-0.2, -0.15) is 11.8 Å². The summed E-state index contributed by atoms with van der Waals surface area (Å²) in [5.74, 6) is 0.425. The van der Waals surface area contributed by atoms with Gasteiger partial charge >= 0.3 is 5.97 Å². The minimum Gasteiger partial charge on any atom is -0.468 e. The van der Waals surface area contributed by atoms with Gasteiger partial charge in [0.05, 0.1) is 7.11 Å². The van der Waals surface area contributed by atoms with Crippen LogP contribution in [0.1, 0.15) is 11.1 Å². The highest BCUT2D eigenvalue weighted by Gasteiger charge is 2.13. The van der Waals surface area contributed by atoms with Crippen LogP contribution in [0.3, 0.4) is 0 Å². The second-order valence-corrected chi connectivity index (χ2v) is 4.75. The fourth-order valence-corrected chi connectivity index (χ4v) is 2.35. The molecule has 2 N–H and O–H groups in total. The molecule has 5 heteroatoms. The number of hydrogen-bond acceptors (Lipinski definition) is 4. The maximum atomic E-state index is 13.0. The Labute approximate surface area is 105 Å². The van der Waals surface area contributed by atoms with Crippen LogP contribution in [0.5, 0.6) is 0 Å². The molecule has 0 aliphatic carbocycles. The lowest BCUT2D eigenvalue weighted by Gasteiger charge is -2.09. The number of nitrogens with two attached hydrogens (primary N) is 1. The first-order valence-corrected chi connectivity index (χ1v) is 6.36. The van der Waals surface area contributed by atoms with Gasteiger partial charge in [0.25, 0.3) is 0 Å². The smallest absolute Gasteiger partial charge is 0.323 e. The summed E-state index contributed by atoms with van der Waals surface area (Å²) in [4.78, 5) is 11.1. The third-order valence-corrected chi connectivity index (χ3v) is 3.48. The third-order valence-electron chi connectivity index (χ3n) is 2.37. The number of carbonyl (C=O) groups is 1. The van der Waals surface area contributed by atoms with Gasteiger partial charge in [-0.1, -0.05) is 6.07 Å². The van der Waals surface area contributed by atoms with Crippen LogP contribution >= 0.6 is 11.8 Å². The number of hydrogen-bond donors (Lipinski definition) is 1. The molecule has 1 aromatic carbocycles. The van der Waals surface area contributed by atoms with Crippen molar-refractivity contribution in [1.29, 1.82) is 0 Å². The van der Waals surface area contributed by atoms with Crippen molar-refractivity contribution in [2.45, 2.75) is 18.7 Å². The Morgan fingerprint density at radius 1 is 1.59 bits per heavy atom. The molecule has 0 saturated carbocycles. The highest BCUT2D eigenvalue weighted by atomic mass is 32.2. The molecular formula is C12H16FNO2S. The van der Waals surface area contributed by atoms with Crippen LogP contribution in [0.4, 0.5) is 4.39 Å². The summed E-state index contributed by atoms with van der Waals surface area (Å²) in [7, 11) is 1.31. The standard InChI is InChI=1S/C12H16FNO2S/c1-8-3-4-10(13)5-9(8)6-17-7-11(14)12(15)16-2/h3-5,11H,6-7,14H2,1-2H3. The van der Waals surface area contributed by atoms with Gasteiger partial charge in [0.2, 0.25) is 0 Å². The molecule has 1 unspecified atom stereocenters. The molecule has 94 valence electrons. The van der Waals surface area contributed by atoms with E-state index in [-0.39, 0.29) is 5.82 Å². The molecule has 0 spiro atoms. The molecule has 0 aliphatic rings. The lowest BCUT2D eigenvalue weighted by atomic mass is 10.1. The monoisotopic (exact) mass is 257 g/mol. The Bertz CT molecular complexity index is 398. The van der Waals surface area contributed by atoms with E-state index < -0.39 is 12.0 Å². The van der Waals surface area contributed by atoms with Crippen LogP contribution in [0.2, 0.25) is 0 Å². The van der Waals surface area contributed by atoms with Gasteiger partial charge in [0, 0.05) is 11.5 Å². The molecule has 0 bridgehead atoms. The lowest BCUT2D eigenvalue weighted by Crippen LogP contribution is -2.33. The molecule has 17 heavy (non-hydrogen) atoms. The van der Waals surface area contributed by atoms with Crippen molar-refractivity contribution < 1.29 is 13.9 Å². The number of rotatable bonds is 5. The molecule has 0 heterocycles. The zero-order valence-electron chi connectivity index (χ0n) is 9.90. The van der Waals surface area contributed by atoms with Crippen LogP contribution in [-0.2, 0) is 15.3 Å². The number of halogens is 1. The van der Waals surface area contributed by atoms with E-state index in [1.165, 1.54) is 31.0 Å². The van der Waals surface area contributed by atoms with E-state index in [1.807, 2.05) is 6.92 Å². The van der Waals surface area contributed by atoms with Crippen molar-refractivity contribution in [2.24, 2.45) is 5.73 Å². The number of aryl methyl sites for hydroxylation is 1. The first-order valence-electron chi connectivity index (χ1n) is 5.20. The van der Waals surface area contributed by atoms with E-state index >= 15 is 0 Å². The molecule has 0 aliphatic heterocycles. The van der Waals surface area contributed by atoms with Crippen molar-refractivity contribution in [2.75, 3.05) is 12.9 Å². The van der Waals surface area contributed by atoms with E-state index in [2.05, 4.69) is 4.74 Å². The molecule has 1 rings (SSSR count). The Hall–Kier alpha value is -1.07. The highest BCUT2D eigenvalue weighted by Crippen LogP contribution is 2.17. The minimum atomic E-state index is -0.626. The number of esters is 1. The fourth-order valence-electron chi connectivity index (χ4n) is 1.31. The summed E-state index contributed by atoms with van der Waals surface area (Å²) < 4.78 is 17.5. The summed E-state index contributed by atoms with van der Waals surface area (Å²) in [5, 5.41) is 0. The van der Waals surface area contributed by atoms with Gasteiger partial charge in [-0.3, -0.25) is 4.79 Å². The predicted molar refractivity (Wildman–Crippen MR) is 67.3 cm³/mol. The largest absolute Gasteiger partial charge is 0.468 e. The molecule has 0 radical (unpaired) electrons. The normalized spacial score (nSPS) is 12.2. The van der Waals surface area contributed by atoms with Gasteiger partial charge in [-0.15, -0.1) is 0 Å². The fraction of sp³-hybridized carbons (Fsp3) is 0.417. The minimum absolute atomic E-state index is 0.247. The SMILES string of the molecule is COC(=O)C(N)CSCc1cc(F)ccc1C. The van der Waals surface area contributed by atoms with Crippen molar-refractivity contribution in [1.82, 2.24) is 0 Å². The Morgan fingerprint density at radius 3 is 2.94 bits per heavy atom. The number of thioether (sulfide) groups is 1. The first kappa shape index (κ1) is 14.0. The summed E-state index contributed by atoms with van der Waals surface area (Å²) >= 11 is 1.49. The summed E-state index contributed by atoms with van der Waals surface area (Å²) in [6.07, 6.45) is 0. The topological polar surface area (TPSA) is 52.3 Å². The zero-order valence-corrected chi connectivity index (χ0v) is 10.7. The summed E-state index contributed by atoms with van der Waals surface area (Å²) in [6, 6.07) is 4.06. The van der Waals surface area contributed by atoms with E-state index in [0.717, 1.165) is 11.1 Å². The molecule has 1 aromatic rings. The number of carbonyl (C=O) groups excluding carboxylic acids is 1. The first-order chi connectivity index (χ1) is 8.04. The number of benzene rings is 1. The quantitative estimate of drug-likeness (QED) is 0.818. The van der Waals surface area contributed by atoms with Gasteiger partial charge in [-0.05, 0) is 30.2 Å². The van der Waals surface area contributed by atoms with Gasteiger partial charge in [0.15, 0.2) is 0 Å². The van der Waals surface area contributed by atoms with Crippen LogP contribution in [-0.4, -0.2) is 24.9 Å². The zero-order chi connectivity index (χ0) is 12.8. The molecule has 0 fully saturated rings. The average Bonchev–Trinajstić information content (AvgIpc) is 2.32. The Kier molecular flexibility index (Phi) is 5.44. The molecule has 1 atom stereocenters. The van der Waals surface area contributed by atoms with Gasteiger partial charge in [-0.25, -0.2) is 4.39 Å². The van der Waals surface area contributed by atoms with Crippen LogP contribution in [0.25, 0.3) is 0 Å².